The lowest BCUT2D eigenvalue weighted by Gasteiger charge is -1.94. The van der Waals surface area contributed by atoms with E-state index in [1.807, 2.05) is 17.5 Å². The molecule has 0 aliphatic rings. The largest absolute Gasteiger partial charge is 0.235 e. The number of aromatic nitrogens is 2. The molecule has 14 heavy (non-hydrogen) atoms. The third kappa shape index (κ3) is 1.81. The molecule has 0 atom stereocenters. The van der Waals surface area contributed by atoms with Crippen LogP contribution < -0.4 is 0 Å². The van der Waals surface area contributed by atoms with Gasteiger partial charge in [0.2, 0.25) is 0 Å². The van der Waals surface area contributed by atoms with Crippen molar-refractivity contribution in [3.05, 3.63) is 33.9 Å². The summed E-state index contributed by atoms with van der Waals surface area (Å²) in [6, 6.07) is 7.31. The summed E-state index contributed by atoms with van der Waals surface area (Å²) >= 11 is 4.76. The van der Waals surface area contributed by atoms with Crippen molar-refractivity contribution < 1.29 is 0 Å². The summed E-state index contributed by atoms with van der Waals surface area (Å²) in [4.78, 5) is 8.36. The summed E-state index contributed by atoms with van der Waals surface area (Å²) in [5, 5.41) is 11.4. The van der Waals surface area contributed by atoms with Crippen molar-refractivity contribution in [1.29, 1.82) is 5.26 Å². The second kappa shape index (κ2) is 3.86. The number of nitrogens with zero attached hydrogens (tertiary/aromatic N) is 3. The van der Waals surface area contributed by atoms with Crippen LogP contribution in [-0.4, -0.2) is 9.97 Å². The SMILES string of the molecule is N#Cc1cccc(-c2nc(Br)cs2)n1. The summed E-state index contributed by atoms with van der Waals surface area (Å²) in [5.41, 5.74) is 1.15. The number of nitriles is 1. The highest BCUT2D eigenvalue weighted by Crippen LogP contribution is 2.24. The van der Waals surface area contributed by atoms with Crippen LogP contribution in [0.3, 0.4) is 0 Å². The molecule has 0 amide bonds. The van der Waals surface area contributed by atoms with Crippen LogP contribution in [0, 0.1) is 11.3 Å². The Labute approximate surface area is 93.2 Å². The van der Waals surface area contributed by atoms with Gasteiger partial charge >= 0.3 is 0 Å². The predicted molar refractivity (Wildman–Crippen MR) is 57.8 cm³/mol. The van der Waals surface area contributed by atoms with Gasteiger partial charge < -0.3 is 0 Å². The molecule has 2 aromatic heterocycles. The van der Waals surface area contributed by atoms with E-state index < -0.39 is 0 Å². The number of halogens is 1. The summed E-state index contributed by atoms with van der Waals surface area (Å²) < 4.78 is 0.793. The summed E-state index contributed by atoms with van der Waals surface area (Å²) in [6.45, 7) is 0. The summed E-state index contributed by atoms with van der Waals surface area (Å²) in [7, 11) is 0. The minimum absolute atomic E-state index is 0.411. The minimum Gasteiger partial charge on any atom is -0.235 e. The first kappa shape index (κ1) is 9.31. The monoisotopic (exact) mass is 265 g/mol. The van der Waals surface area contributed by atoms with E-state index >= 15 is 0 Å². The zero-order chi connectivity index (χ0) is 9.97. The van der Waals surface area contributed by atoms with E-state index in [1.165, 1.54) is 11.3 Å². The fourth-order valence-corrected chi connectivity index (χ4v) is 2.21. The fraction of sp³-hybridized carbons (Fsp3) is 0. The van der Waals surface area contributed by atoms with E-state index in [0.29, 0.717) is 5.69 Å². The first-order valence-electron chi connectivity index (χ1n) is 3.78. The zero-order valence-electron chi connectivity index (χ0n) is 6.94. The van der Waals surface area contributed by atoms with E-state index in [1.54, 1.807) is 12.1 Å². The molecular formula is C9H4BrN3S. The van der Waals surface area contributed by atoms with Gasteiger partial charge in [-0.05, 0) is 28.1 Å². The summed E-state index contributed by atoms with van der Waals surface area (Å²) in [6.07, 6.45) is 0. The van der Waals surface area contributed by atoms with Gasteiger partial charge in [0.15, 0.2) is 0 Å². The number of hydrogen-bond donors (Lipinski definition) is 0. The van der Waals surface area contributed by atoms with Gasteiger partial charge in [-0.1, -0.05) is 6.07 Å². The van der Waals surface area contributed by atoms with Gasteiger partial charge in [0.05, 0.1) is 0 Å². The van der Waals surface area contributed by atoms with Gasteiger partial charge in [-0.2, -0.15) is 5.26 Å². The van der Waals surface area contributed by atoms with Crippen LogP contribution in [-0.2, 0) is 0 Å². The normalized spacial score (nSPS) is 9.71. The van der Waals surface area contributed by atoms with Gasteiger partial charge in [0, 0.05) is 5.38 Å². The lowest BCUT2D eigenvalue weighted by atomic mass is 10.3. The average Bonchev–Trinajstić information content (AvgIpc) is 2.65. The highest BCUT2D eigenvalue weighted by molar-refractivity contribution is 9.10. The molecule has 2 rings (SSSR count). The van der Waals surface area contributed by atoms with E-state index in [0.717, 1.165) is 15.3 Å². The van der Waals surface area contributed by atoms with Crippen LogP contribution in [0.15, 0.2) is 28.2 Å². The van der Waals surface area contributed by atoms with E-state index in [-0.39, 0.29) is 0 Å². The van der Waals surface area contributed by atoms with Gasteiger partial charge in [0.25, 0.3) is 0 Å². The van der Waals surface area contributed by atoms with E-state index in [2.05, 4.69) is 25.9 Å². The number of pyridine rings is 1. The number of hydrogen-bond acceptors (Lipinski definition) is 4. The lowest BCUT2D eigenvalue weighted by Crippen LogP contribution is -1.85. The first-order valence-corrected chi connectivity index (χ1v) is 5.45. The van der Waals surface area contributed by atoms with Crippen LogP contribution in [0.25, 0.3) is 10.7 Å². The first-order chi connectivity index (χ1) is 6.79. The molecule has 3 nitrogen and oxygen atoms in total. The van der Waals surface area contributed by atoms with Crippen molar-refractivity contribution >= 4 is 27.3 Å². The molecule has 0 saturated heterocycles. The molecule has 2 aromatic rings. The van der Waals surface area contributed by atoms with Crippen LogP contribution in [0.5, 0.6) is 0 Å². The molecule has 0 aliphatic carbocycles. The smallest absolute Gasteiger partial charge is 0.143 e. The maximum absolute atomic E-state index is 8.68. The molecule has 2 heterocycles. The Morgan fingerprint density at radius 2 is 2.21 bits per heavy atom. The Kier molecular flexibility index (Phi) is 2.57. The molecule has 0 aromatic carbocycles. The van der Waals surface area contributed by atoms with Crippen molar-refractivity contribution in [1.82, 2.24) is 9.97 Å². The minimum atomic E-state index is 0.411. The topological polar surface area (TPSA) is 49.6 Å². The molecule has 5 heteroatoms. The van der Waals surface area contributed by atoms with Gasteiger partial charge in [-0.3, -0.25) is 0 Å². The molecule has 0 bridgehead atoms. The van der Waals surface area contributed by atoms with E-state index in [9.17, 15) is 0 Å². The summed E-state index contributed by atoms with van der Waals surface area (Å²) in [5.74, 6) is 0. The van der Waals surface area contributed by atoms with Crippen LogP contribution in [0.4, 0.5) is 0 Å². The quantitative estimate of drug-likeness (QED) is 0.797. The van der Waals surface area contributed by atoms with Crippen molar-refractivity contribution in [3.8, 4) is 16.8 Å². The highest BCUT2D eigenvalue weighted by atomic mass is 79.9. The standard InChI is InChI=1S/C9H4BrN3S/c10-8-5-14-9(13-8)7-3-1-2-6(4-11)12-7/h1-3,5H. The molecule has 0 N–H and O–H groups in total. The highest BCUT2D eigenvalue weighted by Gasteiger charge is 2.04. The molecular weight excluding hydrogens is 262 g/mol. The molecule has 0 radical (unpaired) electrons. The average molecular weight is 266 g/mol. The molecule has 0 spiro atoms. The maximum Gasteiger partial charge on any atom is 0.143 e. The molecule has 68 valence electrons. The zero-order valence-corrected chi connectivity index (χ0v) is 9.34. The Hall–Kier alpha value is -1.25. The predicted octanol–water partition coefficient (Wildman–Crippen LogP) is 2.84. The maximum atomic E-state index is 8.68. The third-order valence-corrected chi connectivity index (χ3v) is 3.13. The Morgan fingerprint density at radius 1 is 1.36 bits per heavy atom. The third-order valence-electron chi connectivity index (χ3n) is 1.56. The molecule has 0 aliphatic heterocycles. The lowest BCUT2D eigenvalue weighted by molar-refractivity contribution is 1.24. The van der Waals surface area contributed by atoms with Gasteiger partial charge in [-0.25, -0.2) is 9.97 Å². The number of thiazole rings is 1. The van der Waals surface area contributed by atoms with Crippen molar-refractivity contribution in [3.63, 3.8) is 0 Å². The Balaban J connectivity index is 2.47. The molecule has 0 saturated carbocycles. The van der Waals surface area contributed by atoms with Crippen molar-refractivity contribution in [2.75, 3.05) is 0 Å². The van der Waals surface area contributed by atoms with Crippen LogP contribution >= 0.6 is 27.3 Å². The van der Waals surface area contributed by atoms with E-state index in [4.69, 9.17) is 5.26 Å². The molecule has 0 fully saturated rings. The second-order valence-electron chi connectivity index (χ2n) is 2.50. The second-order valence-corrected chi connectivity index (χ2v) is 4.17. The van der Waals surface area contributed by atoms with Crippen LogP contribution in [0.1, 0.15) is 5.69 Å². The molecule has 0 unspecified atom stereocenters. The Bertz CT molecular complexity index is 501. The van der Waals surface area contributed by atoms with Gasteiger partial charge in [0.1, 0.15) is 27.1 Å². The fourth-order valence-electron chi connectivity index (χ4n) is 0.988. The van der Waals surface area contributed by atoms with Gasteiger partial charge in [-0.15, -0.1) is 11.3 Å². The number of rotatable bonds is 1. The van der Waals surface area contributed by atoms with Crippen molar-refractivity contribution in [2.24, 2.45) is 0 Å². The Morgan fingerprint density at radius 3 is 2.86 bits per heavy atom. The van der Waals surface area contributed by atoms with Crippen LogP contribution in [0.2, 0.25) is 0 Å². The van der Waals surface area contributed by atoms with Crippen molar-refractivity contribution in [2.45, 2.75) is 0 Å².